The zero-order valence-corrected chi connectivity index (χ0v) is 22.8. The number of carbonyl (C=O) groups excluding carboxylic acids is 2. The number of nitrogens with one attached hydrogen (secondary N) is 1. The van der Waals surface area contributed by atoms with E-state index in [1.165, 1.54) is 11.8 Å². The van der Waals surface area contributed by atoms with Crippen molar-refractivity contribution in [2.75, 3.05) is 39.0 Å². The summed E-state index contributed by atoms with van der Waals surface area (Å²) in [5, 5.41) is 12.2. The van der Waals surface area contributed by atoms with Crippen molar-refractivity contribution < 1.29 is 28.5 Å². The molecule has 11 heteroatoms. The van der Waals surface area contributed by atoms with Crippen molar-refractivity contribution in [3.63, 3.8) is 0 Å². The van der Waals surface area contributed by atoms with Crippen molar-refractivity contribution in [2.24, 2.45) is 0 Å². The van der Waals surface area contributed by atoms with Gasteiger partial charge >= 0.3 is 5.97 Å². The van der Waals surface area contributed by atoms with E-state index < -0.39 is 5.97 Å². The number of benzene rings is 3. The zero-order valence-electron chi connectivity index (χ0n) is 22.0. The fraction of sp³-hybridized carbons (Fsp3) is 0.214. The summed E-state index contributed by atoms with van der Waals surface area (Å²) < 4.78 is 23.4. The maximum absolute atomic E-state index is 12.8. The van der Waals surface area contributed by atoms with E-state index in [0.29, 0.717) is 45.0 Å². The summed E-state index contributed by atoms with van der Waals surface area (Å²) in [6.45, 7) is 2.01. The first-order valence-corrected chi connectivity index (χ1v) is 13.0. The molecule has 0 bridgehead atoms. The molecule has 4 rings (SSSR count). The van der Waals surface area contributed by atoms with Crippen LogP contribution in [-0.4, -0.2) is 60.3 Å². The molecule has 0 aliphatic heterocycles. The number of ether oxygens (including phenoxy) is 4. The van der Waals surface area contributed by atoms with Gasteiger partial charge in [0.2, 0.25) is 11.7 Å². The van der Waals surface area contributed by atoms with Gasteiger partial charge in [-0.1, -0.05) is 36.0 Å². The first kappa shape index (κ1) is 27.5. The van der Waals surface area contributed by atoms with Gasteiger partial charge in [-0.2, -0.15) is 0 Å². The molecule has 0 radical (unpaired) electrons. The molecule has 202 valence electrons. The van der Waals surface area contributed by atoms with Crippen molar-refractivity contribution in [1.82, 2.24) is 14.8 Å². The lowest BCUT2D eigenvalue weighted by Crippen LogP contribution is -2.15. The fourth-order valence-electron chi connectivity index (χ4n) is 3.84. The molecule has 0 saturated carbocycles. The maximum atomic E-state index is 12.8. The Labute approximate surface area is 230 Å². The Morgan fingerprint density at radius 2 is 1.62 bits per heavy atom. The number of amides is 1. The number of rotatable bonds is 11. The average Bonchev–Trinajstić information content (AvgIpc) is 3.40. The molecule has 0 spiro atoms. The molecule has 4 aromatic rings. The minimum atomic E-state index is -0.446. The van der Waals surface area contributed by atoms with Crippen LogP contribution in [0.3, 0.4) is 0 Å². The highest BCUT2D eigenvalue weighted by Crippen LogP contribution is 2.41. The molecule has 39 heavy (non-hydrogen) atoms. The maximum Gasteiger partial charge on any atom is 0.338 e. The van der Waals surface area contributed by atoms with Crippen molar-refractivity contribution in [3.05, 3.63) is 72.3 Å². The fourth-order valence-corrected chi connectivity index (χ4v) is 4.59. The smallest absolute Gasteiger partial charge is 0.338 e. The zero-order chi connectivity index (χ0) is 27.8. The lowest BCUT2D eigenvalue weighted by atomic mass is 10.1. The summed E-state index contributed by atoms with van der Waals surface area (Å²) in [5.41, 5.74) is 2.36. The van der Waals surface area contributed by atoms with E-state index in [2.05, 4.69) is 15.5 Å². The molecule has 1 aromatic heterocycles. The molecule has 3 aromatic carbocycles. The number of hydrogen-bond acceptors (Lipinski definition) is 9. The van der Waals surface area contributed by atoms with Gasteiger partial charge in [-0.3, -0.25) is 9.36 Å². The molecule has 0 saturated heterocycles. The van der Waals surface area contributed by atoms with Crippen LogP contribution in [0.15, 0.2) is 71.9 Å². The van der Waals surface area contributed by atoms with Crippen LogP contribution in [-0.2, 0) is 9.53 Å². The van der Waals surface area contributed by atoms with E-state index in [1.807, 2.05) is 34.9 Å². The summed E-state index contributed by atoms with van der Waals surface area (Å²) in [6, 6.07) is 19.8. The molecular weight excluding hydrogens is 520 g/mol. The lowest BCUT2D eigenvalue weighted by Gasteiger charge is -2.15. The van der Waals surface area contributed by atoms with Crippen molar-refractivity contribution in [3.8, 4) is 34.3 Å². The first-order chi connectivity index (χ1) is 19.0. The van der Waals surface area contributed by atoms with Gasteiger partial charge in [-0.15, -0.1) is 10.2 Å². The molecule has 0 aliphatic carbocycles. The van der Waals surface area contributed by atoms with E-state index in [-0.39, 0.29) is 18.3 Å². The predicted molar refractivity (Wildman–Crippen MR) is 148 cm³/mol. The Balaban J connectivity index is 1.61. The Bertz CT molecular complexity index is 1430. The summed E-state index contributed by atoms with van der Waals surface area (Å²) in [5.74, 6) is 1.31. The highest BCUT2D eigenvalue weighted by molar-refractivity contribution is 7.99. The van der Waals surface area contributed by atoms with Crippen LogP contribution in [0.1, 0.15) is 17.3 Å². The molecule has 0 atom stereocenters. The largest absolute Gasteiger partial charge is 0.493 e. The third-order valence-electron chi connectivity index (χ3n) is 5.56. The van der Waals surface area contributed by atoms with Gasteiger partial charge < -0.3 is 24.3 Å². The van der Waals surface area contributed by atoms with E-state index in [0.717, 1.165) is 5.69 Å². The third kappa shape index (κ3) is 6.32. The highest BCUT2D eigenvalue weighted by atomic mass is 32.2. The second-order valence-electron chi connectivity index (χ2n) is 8.03. The van der Waals surface area contributed by atoms with Crippen LogP contribution >= 0.6 is 11.8 Å². The van der Waals surface area contributed by atoms with Crippen LogP contribution in [0.25, 0.3) is 17.1 Å². The van der Waals surface area contributed by atoms with Crippen molar-refractivity contribution in [2.45, 2.75) is 12.1 Å². The Hall–Kier alpha value is -4.51. The number of methoxy groups -OCH3 is 3. The number of esters is 1. The van der Waals surface area contributed by atoms with Crippen LogP contribution in [0.2, 0.25) is 0 Å². The average molecular weight is 549 g/mol. The minimum Gasteiger partial charge on any atom is -0.493 e. The lowest BCUT2D eigenvalue weighted by molar-refractivity contribution is -0.113. The number of thioether (sulfide) groups is 1. The number of para-hydroxylation sites is 1. The Morgan fingerprint density at radius 3 is 2.26 bits per heavy atom. The molecule has 10 nitrogen and oxygen atoms in total. The first-order valence-electron chi connectivity index (χ1n) is 12.0. The van der Waals surface area contributed by atoms with Crippen LogP contribution in [0.4, 0.5) is 5.69 Å². The van der Waals surface area contributed by atoms with Gasteiger partial charge in [0.05, 0.1) is 39.3 Å². The quantitative estimate of drug-likeness (QED) is 0.207. The van der Waals surface area contributed by atoms with Gasteiger partial charge in [-0.25, -0.2) is 4.79 Å². The van der Waals surface area contributed by atoms with Gasteiger partial charge in [0, 0.05) is 16.9 Å². The predicted octanol–water partition coefficient (Wildman–Crippen LogP) is 4.87. The van der Waals surface area contributed by atoms with Gasteiger partial charge in [0.1, 0.15) is 0 Å². The molecule has 1 amide bonds. The molecule has 0 aliphatic rings. The van der Waals surface area contributed by atoms with Crippen LogP contribution in [0, 0.1) is 0 Å². The molecule has 1 heterocycles. The normalized spacial score (nSPS) is 10.6. The van der Waals surface area contributed by atoms with E-state index in [1.54, 1.807) is 64.7 Å². The second kappa shape index (κ2) is 12.8. The monoisotopic (exact) mass is 548 g/mol. The summed E-state index contributed by atoms with van der Waals surface area (Å²) in [6.07, 6.45) is 0. The van der Waals surface area contributed by atoms with Crippen molar-refractivity contribution in [1.29, 1.82) is 0 Å². The summed E-state index contributed by atoms with van der Waals surface area (Å²) >= 11 is 1.23. The Kier molecular flexibility index (Phi) is 9.06. The van der Waals surface area contributed by atoms with Crippen LogP contribution in [0.5, 0.6) is 17.2 Å². The number of carbonyl (C=O) groups is 2. The second-order valence-corrected chi connectivity index (χ2v) is 8.97. The van der Waals surface area contributed by atoms with Gasteiger partial charge in [-0.05, 0) is 49.4 Å². The van der Waals surface area contributed by atoms with E-state index >= 15 is 0 Å². The van der Waals surface area contributed by atoms with E-state index in [9.17, 15) is 9.59 Å². The standard InChI is InChI=1S/C28H28N4O6S/c1-5-38-27(34)18-10-9-11-20(14-18)29-24(33)17-39-28-31-30-26(32(28)21-12-7-6-8-13-21)19-15-22(35-2)25(37-4)23(16-19)36-3/h6-16H,5,17H2,1-4H3,(H,29,33). The number of hydrogen-bond donors (Lipinski definition) is 1. The summed E-state index contributed by atoms with van der Waals surface area (Å²) in [4.78, 5) is 24.8. The van der Waals surface area contributed by atoms with E-state index in [4.69, 9.17) is 18.9 Å². The molecule has 0 fully saturated rings. The highest BCUT2D eigenvalue weighted by Gasteiger charge is 2.21. The Morgan fingerprint density at radius 1 is 0.897 bits per heavy atom. The number of anilines is 1. The van der Waals surface area contributed by atoms with Gasteiger partial charge in [0.25, 0.3) is 0 Å². The summed E-state index contributed by atoms with van der Waals surface area (Å²) in [7, 11) is 4.63. The molecule has 1 N–H and O–H groups in total. The molecule has 0 unspecified atom stereocenters. The number of nitrogens with zero attached hydrogens (tertiary/aromatic N) is 3. The molecular formula is C28H28N4O6S. The SMILES string of the molecule is CCOC(=O)c1cccc(NC(=O)CSc2nnc(-c3cc(OC)c(OC)c(OC)c3)n2-c2ccccc2)c1. The minimum absolute atomic E-state index is 0.0594. The van der Waals surface area contributed by atoms with Gasteiger partial charge in [0.15, 0.2) is 22.5 Å². The van der Waals surface area contributed by atoms with Crippen LogP contribution < -0.4 is 19.5 Å². The van der Waals surface area contributed by atoms with Crippen molar-refractivity contribution >= 4 is 29.3 Å². The third-order valence-corrected chi connectivity index (χ3v) is 6.49. The topological polar surface area (TPSA) is 114 Å². The number of aromatic nitrogens is 3.